The molecule has 0 saturated heterocycles. The average molecular weight is 218 g/mol. The highest BCUT2D eigenvalue weighted by molar-refractivity contribution is 5.34. The molecule has 0 radical (unpaired) electrons. The van der Waals surface area contributed by atoms with E-state index in [9.17, 15) is 5.11 Å². The first-order valence-electron chi connectivity index (χ1n) is 6.41. The van der Waals surface area contributed by atoms with Crippen LogP contribution < -0.4 is 0 Å². The van der Waals surface area contributed by atoms with Crippen molar-refractivity contribution in [3.63, 3.8) is 0 Å². The highest BCUT2D eigenvalue weighted by atomic mass is 16.3. The van der Waals surface area contributed by atoms with Gasteiger partial charge in [0, 0.05) is 0 Å². The molecule has 1 nitrogen and oxygen atoms in total. The first kappa shape index (κ1) is 11.7. The second-order valence-corrected chi connectivity index (χ2v) is 5.19. The topological polar surface area (TPSA) is 20.2 Å². The molecule has 1 aromatic carbocycles. The molecule has 0 aliphatic heterocycles. The van der Waals surface area contributed by atoms with Crippen molar-refractivity contribution in [2.45, 2.75) is 52.1 Å². The molecule has 2 rings (SSSR count). The van der Waals surface area contributed by atoms with Gasteiger partial charge in [-0.25, -0.2) is 0 Å². The predicted molar refractivity (Wildman–Crippen MR) is 67.6 cm³/mol. The minimum Gasteiger partial charge on any atom is -0.392 e. The molecule has 0 spiro atoms. The number of aliphatic hydroxyl groups excluding tert-OH is 1. The lowest BCUT2D eigenvalue weighted by Crippen LogP contribution is -2.21. The number of hydrogen-bond acceptors (Lipinski definition) is 1. The molecule has 0 bridgehead atoms. The van der Waals surface area contributed by atoms with Crippen molar-refractivity contribution in [2.75, 3.05) is 0 Å². The van der Waals surface area contributed by atoms with E-state index in [-0.39, 0.29) is 6.10 Å². The van der Waals surface area contributed by atoms with Crippen LogP contribution in [0.3, 0.4) is 0 Å². The van der Waals surface area contributed by atoms with E-state index in [1.807, 2.05) is 0 Å². The maximum atomic E-state index is 10.3. The lowest BCUT2D eigenvalue weighted by molar-refractivity contribution is 0.111. The zero-order chi connectivity index (χ0) is 11.5. The van der Waals surface area contributed by atoms with Crippen LogP contribution in [0.4, 0.5) is 0 Å². The van der Waals surface area contributed by atoms with Gasteiger partial charge in [-0.05, 0) is 55.7 Å². The van der Waals surface area contributed by atoms with E-state index in [1.165, 1.54) is 42.4 Å². The molecule has 1 aromatic rings. The first-order valence-corrected chi connectivity index (χ1v) is 6.41. The summed E-state index contributed by atoms with van der Waals surface area (Å²) in [4.78, 5) is 0. The van der Waals surface area contributed by atoms with Crippen LogP contribution in [0.2, 0.25) is 0 Å². The fourth-order valence-electron chi connectivity index (χ4n) is 2.89. The normalized spacial score (nSPS) is 18.9. The van der Waals surface area contributed by atoms with Gasteiger partial charge in [0.25, 0.3) is 0 Å². The van der Waals surface area contributed by atoms with Crippen molar-refractivity contribution in [1.82, 2.24) is 0 Å². The van der Waals surface area contributed by atoms with E-state index in [1.54, 1.807) is 0 Å². The van der Waals surface area contributed by atoms with Gasteiger partial charge in [-0.15, -0.1) is 0 Å². The summed E-state index contributed by atoms with van der Waals surface area (Å²) in [5.41, 5.74) is 3.98. The molecule has 1 fully saturated rings. The van der Waals surface area contributed by atoms with Gasteiger partial charge < -0.3 is 5.11 Å². The number of aryl methyl sites for hydroxylation is 2. The zero-order valence-electron chi connectivity index (χ0n) is 10.4. The molecule has 0 aromatic heterocycles. The maximum Gasteiger partial charge on any atom is 0.0608 e. The Kier molecular flexibility index (Phi) is 3.65. The Morgan fingerprint density at radius 2 is 1.75 bits per heavy atom. The second-order valence-electron chi connectivity index (χ2n) is 5.19. The van der Waals surface area contributed by atoms with Crippen LogP contribution in [-0.2, 0) is 6.42 Å². The Labute approximate surface area is 98.5 Å². The van der Waals surface area contributed by atoms with Crippen molar-refractivity contribution in [3.8, 4) is 0 Å². The summed E-state index contributed by atoms with van der Waals surface area (Å²) in [6.45, 7) is 4.29. The van der Waals surface area contributed by atoms with Crippen molar-refractivity contribution in [1.29, 1.82) is 0 Å². The summed E-state index contributed by atoms with van der Waals surface area (Å²) in [6, 6.07) is 6.38. The lowest BCUT2D eigenvalue weighted by Gasteiger charge is -2.20. The minimum absolute atomic E-state index is 0.137. The molecule has 1 saturated carbocycles. The summed E-state index contributed by atoms with van der Waals surface area (Å²) >= 11 is 0. The molecule has 16 heavy (non-hydrogen) atoms. The Bertz CT molecular complexity index is 330. The maximum absolute atomic E-state index is 10.3. The zero-order valence-corrected chi connectivity index (χ0v) is 10.4. The van der Waals surface area contributed by atoms with Crippen molar-refractivity contribution < 1.29 is 5.11 Å². The largest absolute Gasteiger partial charge is 0.392 e. The van der Waals surface area contributed by atoms with Crippen molar-refractivity contribution >= 4 is 0 Å². The van der Waals surface area contributed by atoms with E-state index in [0.29, 0.717) is 5.92 Å². The molecule has 0 heterocycles. The quantitative estimate of drug-likeness (QED) is 0.824. The third kappa shape index (κ3) is 2.46. The minimum atomic E-state index is -0.137. The standard InChI is InChI=1S/C15H22O/c1-11-6-5-7-12(2)14(11)10-15(16)13-8-3-4-9-13/h5-7,13,15-16H,3-4,8-10H2,1-2H3. The lowest BCUT2D eigenvalue weighted by atomic mass is 9.91. The first-order chi connectivity index (χ1) is 7.68. The number of benzene rings is 1. The number of rotatable bonds is 3. The van der Waals surface area contributed by atoms with Crippen LogP contribution in [-0.4, -0.2) is 11.2 Å². The van der Waals surface area contributed by atoms with Gasteiger partial charge in [0.15, 0.2) is 0 Å². The van der Waals surface area contributed by atoms with Gasteiger partial charge in [-0.3, -0.25) is 0 Å². The van der Waals surface area contributed by atoms with Crippen LogP contribution in [0, 0.1) is 19.8 Å². The fraction of sp³-hybridized carbons (Fsp3) is 0.600. The van der Waals surface area contributed by atoms with Crippen molar-refractivity contribution in [3.05, 3.63) is 34.9 Å². The molecule has 0 amide bonds. The summed E-state index contributed by atoms with van der Waals surface area (Å²) < 4.78 is 0. The highest BCUT2D eigenvalue weighted by Gasteiger charge is 2.23. The molecule has 1 atom stereocenters. The highest BCUT2D eigenvalue weighted by Crippen LogP contribution is 2.30. The van der Waals surface area contributed by atoms with Crippen molar-refractivity contribution in [2.24, 2.45) is 5.92 Å². The van der Waals surface area contributed by atoms with Crippen LogP contribution in [0.1, 0.15) is 42.4 Å². The van der Waals surface area contributed by atoms with E-state index in [4.69, 9.17) is 0 Å². The van der Waals surface area contributed by atoms with E-state index < -0.39 is 0 Å². The third-order valence-electron chi connectivity index (χ3n) is 4.00. The summed E-state index contributed by atoms with van der Waals surface area (Å²) in [5, 5.41) is 10.3. The number of aliphatic hydroxyl groups is 1. The molecule has 1 unspecified atom stereocenters. The van der Waals surface area contributed by atoms with Gasteiger partial charge in [0.1, 0.15) is 0 Å². The smallest absolute Gasteiger partial charge is 0.0608 e. The molecular weight excluding hydrogens is 196 g/mol. The molecule has 1 aliphatic rings. The van der Waals surface area contributed by atoms with Crippen LogP contribution >= 0.6 is 0 Å². The Balaban J connectivity index is 2.07. The Morgan fingerprint density at radius 3 is 2.31 bits per heavy atom. The Hall–Kier alpha value is -0.820. The van der Waals surface area contributed by atoms with E-state index in [0.717, 1.165) is 6.42 Å². The SMILES string of the molecule is Cc1cccc(C)c1CC(O)C1CCCC1. The molecule has 88 valence electrons. The van der Waals surface area contributed by atoms with E-state index >= 15 is 0 Å². The summed E-state index contributed by atoms with van der Waals surface area (Å²) in [6.07, 6.45) is 5.73. The van der Waals surface area contributed by atoms with Gasteiger partial charge in [-0.1, -0.05) is 31.0 Å². The second kappa shape index (κ2) is 5.01. The average Bonchev–Trinajstić information content (AvgIpc) is 2.76. The molecule has 1 heteroatoms. The summed E-state index contributed by atoms with van der Waals surface area (Å²) in [5.74, 6) is 0.541. The van der Waals surface area contributed by atoms with E-state index in [2.05, 4.69) is 32.0 Å². The Morgan fingerprint density at radius 1 is 1.19 bits per heavy atom. The fourth-order valence-corrected chi connectivity index (χ4v) is 2.89. The van der Waals surface area contributed by atoms with Crippen LogP contribution in [0.15, 0.2) is 18.2 Å². The van der Waals surface area contributed by atoms with Gasteiger partial charge >= 0.3 is 0 Å². The number of hydrogen-bond donors (Lipinski definition) is 1. The third-order valence-corrected chi connectivity index (χ3v) is 4.00. The summed E-state index contributed by atoms with van der Waals surface area (Å²) in [7, 11) is 0. The molecule has 1 N–H and O–H groups in total. The molecular formula is C15H22O. The monoisotopic (exact) mass is 218 g/mol. The molecule has 1 aliphatic carbocycles. The van der Waals surface area contributed by atoms with Gasteiger partial charge in [0.2, 0.25) is 0 Å². The van der Waals surface area contributed by atoms with Gasteiger partial charge in [0.05, 0.1) is 6.10 Å². The van der Waals surface area contributed by atoms with Gasteiger partial charge in [-0.2, -0.15) is 0 Å². The van der Waals surface area contributed by atoms with Crippen LogP contribution in [0.5, 0.6) is 0 Å². The van der Waals surface area contributed by atoms with Crippen LogP contribution in [0.25, 0.3) is 0 Å². The predicted octanol–water partition coefficient (Wildman–Crippen LogP) is 3.40.